The zero-order valence-electron chi connectivity index (χ0n) is 13.9. The smallest absolute Gasteiger partial charge is 0.337 e. The minimum absolute atomic E-state index is 0.0702. The highest BCUT2D eigenvalue weighted by Crippen LogP contribution is 2.17. The normalized spacial score (nSPS) is 10.8. The molecular formula is C20H21NO3. The molecule has 0 heterocycles. The largest absolute Gasteiger partial charge is 0.478 e. The Balaban J connectivity index is 2.16. The van der Waals surface area contributed by atoms with Crippen LogP contribution in [0.25, 0.3) is 6.08 Å². The zero-order chi connectivity index (χ0) is 17.5. The Hall–Kier alpha value is -2.88. The molecule has 124 valence electrons. The molecule has 0 unspecified atom stereocenters. The van der Waals surface area contributed by atoms with Crippen molar-refractivity contribution in [2.75, 3.05) is 5.32 Å². The lowest BCUT2D eigenvalue weighted by atomic mass is 10.0. The van der Waals surface area contributed by atoms with Gasteiger partial charge < -0.3 is 10.4 Å². The molecule has 0 aliphatic carbocycles. The number of aryl methyl sites for hydroxylation is 2. The van der Waals surface area contributed by atoms with E-state index in [1.54, 1.807) is 24.3 Å². The molecule has 0 spiro atoms. The average molecular weight is 323 g/mol. The fourth-order valence-corrected chi connectivity index (χ4v) is 2.47. The van der Waals surface area contributed by atoms with Crippen molar-refractivity contribution in [3.63, 3.8) is 0 Å². The Morgan fingerprint density at radius 2 is 1.83 bits per heavy atom. The lowest BCUT2D eigenvalue weighted by Gasteiger charge is -2.07. The molecule has 2 rings (SSSR count). The molecule has 0 bridgehead atoms. The van der Waals surface area contributed by atoms with E-state index in [4.69, 9.17) is 5.11 Å². The van der Waals surface area contributed by atoms with Gasteiger partial charge in [-0.15, -0.1) is 0 Å². The highest BCUT2D eigenvalue weighted by Gasteiger charge is 2.10. The predicted octanol–water partition coefficient (Wildman–Crippen LogP) is 4.16. The number of hydrogen-bond donors (Lipinski definition) is 2. The van der Waals surface area contributed by atoms with Crippen LogP contribution < -0.4 is 5.32 Å². The first-order valence-corrected chi connectivity index (χ1v) is 7.98. The summed E-state index contributed by atoms with van der Waals surface area (Å²) in [6.07, 6.45) is 5.05. The number of carbonyl (C=O) groups excluding carboxylic acids is 1. The molecule has 2 N–H and O–H groups in total. The van der Waals surface area contributed by atoms with Crippen molar-refractivity contribution < 1.29 is 14.7 Å². The van der Waals surface area contributed by atoms with Crippen molar-refractivity contribution in [3.05, 3.63) is 70.8 Å². The maximum atomic E-state index is 12.1. The van der Waals surface area contributed by atoms with Crippen molar-refractivity contribution in [3.8, 4) is 0 Å². The van der Waals surface area contributed by atoms with E-state index in [2.05, 4.69) is 31.3 Å². The Kier molecular flexibility index (Phi) is 5.90. The van der Waals surface area contributed by atoms with Gasteiger partial charge in [-0.05, 0) is 47.7 Å². The van der Waals surface area contributed by atoms with Crippen LogP contribution in [-0.2, 0) is 17.6 Å². The van der Waals surface area contributed by atoms with E-state index in [-0.39, 0.29) is 17.2 Å². The van der Waals surface area contributed by atoms with E-state index in [0.717, 1.165) is 18.4 Å². The van der Waals surface area contributed by atoms with Gasteiger partial charge in [0.25, 0.3) is 0 Å². The molecule has 0 atom stereocenters. The summed E-state index contributed by atoms with van der Waals surface area (Å²) in [4.78, 5) is 23.2. The van der Waals surface area contributed by atoms with Crippen LogP contribution in [-0.4, -0.2) is 17.0 Å². The Morgan fingerprint density at radius 1 is 1.08 bits per heavy atom. The molecule has 1 amide bonds. The number of carbonyl (C=O) groups is 2. The maximum Gasteiger partial charge on any atom is 0.337 e. The SMILES string of the molecule is CCc1ccc(C=CC(=O)Nc2ccccc2C(=O)O)c(CC)c1. The lowest BCUT2D eigenvalue weighted by Crippen LogP contribution is -2.11. The van der Waals surface area contributed by atoms with Crippen LogP contribution in [0, 0.1) is 0 Å². The van der Waals surface area contributed by atoms with E-state index >= 15 is 0 Å². The third kappa shape index (κ3) is 4.32. The summed E-state index contributed by atoms with van der Waals surface area (Å²) in [6, 6.07) is 12.5. The molecule has 2 aromatic rings. The summed E-state index contributed by atoms with van der Waals surface area (Å²) in [5, 5.41) is 11.8. The average Bonchev–Trinajstić information content (AvgIpc) is 2.60. The van der Waals surface area contributed by atoms with Gasteiger partial charge in [0.2, 0.25) is 5.91 Å². The molecule has 0 saturated heterocycles. The third-order valence-corrected chi connectivity index (χ3v) is 3.83. The van der Waals surface area contributed by atoms with Crippen LogP contribution in [0.2, 0.25) is 0 Å². The fourth-order valence-electron chi connectivity index (χ4n) is 2.47. The van der Waals surface area contributed by atoms with Crippen LogP contribution >= 0.6 is 0 Å². The lowest BCUT2D eigenvalue weighted by molar-refractivity contribution is -0.111. The van der Waals surface area contributed by atoms with E-state index in [9.17, 15) is 9.59 Å². The Labute approximate surface area is 141 Å². The van der Waals surface area contributed by atoms with E-state index in [1.807, 2.05) is 6.07 Å². The number of anilines is 1. The van der Waals surface area contributed by atoms with Gasteiger partial charge in [0.15, 0.2) is 0 Å². The van der Waals surface area contributed by atoms with Gasteiger partial charge in [-0.1, -0.05) is 44.2 Å². The van der Waals surface area contributed by atoms with Gasteiger partial charge >= 0.3 is 5.97 Å². The second-order valence-corrected chi connectivity index (χ2v) is 5.41. The molecular weight excluding hydrogens is 302 g/mol. The second-order valence-electron chi connectivity index (χ2n) is 5.41. The Morgan fingerprint density at radius 3 is 2.50 bits per heavy atom. The Bertz CT molecular complexity index is 778. The predicted molar refractivity (Wildman–Crippen MR) is 96.3 cm³/mol. The van der Waals surface area contributed by atoms with E-state index < -0.39 is 5.97 Å². The third-order valence-electron chi connectivity index (χ3n) is 3.83. The van der Waals surface area contributed by atoms with Gasteiger partial charge in [0, 0.05) is 6.08 Å². The number of carboxylic acids is 1. The summed E-state index contributed by atoms with van der Waals surface area (Å²) in [7, 11) is 0. The molecule has 4 heteroatoms. The zero-order valence-corrected chi connectivity index (χ0v) is 13.9. The molecule has 0 radical (unpaired) electrons. The molecule has 0 saturated carbocycles. The first-order valence-electron chi connectivity index (χ1n) is 7.98. The molecule has 24 heavy (non-hydrogen) atoms. The molecule has 0 aliphatic rings. The van der Waals surface area contributed by atoms with Gasteiger partial charge in [0.05, 0.1) is 11.3 Å². The van der Waals surface area contributed by atoms with E-state index in [1.165, 1.54) is 23.3 Å². The topological polar surface area (TPSA) is 66.4 Å². The van der Waals surface area contributed by atoms with Crippen molar-refractivity contribution in [2.45, 2.75) is 26.7 Å². The molecule has 0 aromatic heterocycles. The standard InChI is InChI=1S/C20H21NO3/c1-3-14-9-10-16(15(4-2)13-14)11-12-19(22)21-18-8-6-5-7-17(18)20(23)24/h5-13H,3-4H2,1-2H3,(H,21,22)(H,23,24). The van der Waals surface area contributed by atoms with Crippen molar-refractivity contribution >= 4 is 23.6 Å². The van der Waals surface area contributed by atoms with Gasteiger partial charge in [0.1, 0.15) is 0 Å². The quantitative estimate of drug-likeness (QED) is 0.784. The van der Waals surface area contributed by atoms with Crippen LogP contribution in [0.3, 0.4) is 0 Å². The number of amides is 1. The highest BCUT2D eigenvalue weighted by molar-refractivity contribution is 6.06. The summed E-state index contributed by atoms with van der Waals surface area (Å²) >= 11 is 0. The number of nitrogens with one attached hydrogen (secondary N) is 1. The fraction of sp³-hybridized carbons (Fsp3) is 0.200. The van der Waals surface area contributed by atoms with E-state index in [0.29, 0.717) is 0 Å². The van der Waals surface area contributed by atoms with Crippen LogP contribution in [0.1, 0.15) is 40.9 Å². The minimum Gasteiger partial charge on any atom is -0.478 e. The molecule has 2 aromatic carbocycles. The summed E-state index contributed by atoms with van der Waals surface area (Å²) in [5.74, 6) is -1.43. The van der Waals surface area contributed by atoms with Crippen LogP contribution in [0.4, 0.5) is 5.69 Å². The number of carboxylic acid groups (broad SMARTS) is 1. The van der Waals surface area contributed by atoms with Crippen LogP contribution in [0.15, 0.2) is 48.5 Å². The summed E-state index contributed by atoms with van der Waals surface area (Å²) in [6.45, 7) is 4.19. The molecule has 0 fully saturated rings. The summed E-state index contributed by atoms with van der Waals surface area (Å²) in [5.41, 5.74) is 3.81. The maximum absolute atomic E-state index is 12.1. The monoisotopic (exact) mass is 323 g/mol. The van der Waals surface area contributed by atoms with Crippen molar-refractivity contribution in [1.82, 2.24) is 0 Å². The highest BCUT2D eigenvalue weighted by atomic mass is 16.4. The van der Waals surface area contributed by atoms with Crippen molar-refractivity contribution in [2.24, 2.45) is 0 Å². The van der Waals surface area contributed by atoms with Gasteiger partial charge in [-0.3, -0.25) is 4.79 Å². The van der Waals surface area contributed by atoms with Crippen molar-refractivity contribution in [1.29, 1.82) is 0 Å². The number of rotatable bonds is 6. The molecule has 0 aliphatic heterocycles. The number of hydrogen-bond acceptors (Lipinski definition) is 2. The van der Waals surface area contributed by atoms with Gasteiger partial charge in [-0.25, -0.2) is 4.79 Å². The minimum atomic E-state index is -1.07. The number of benzene rings is 2. The number of para-hydroxylation sites is 1. The molecule has 4 nitrogen and oxygen atoms in total. The van der Waals surface area contributed by atoms with Gasteiger partial charge in [-0.2, -0.15) is 0 Å². The first kappa shape index (κ1) is 17.5. The van der Waals surface area contributed by atoms with Crippen LogP contribution in [0.5, 0.6) is 0 Å². The first-order chi connectivity index (χ1) is 11.5. The second kappa shape index (κ2) is 8.11. The summed E-state index contributed by atoms with van der Waals surface area (Å²) < 4.78 is 0. The number of aromatic carboxylic acids is 1.